The van der Waals surface area contributed by atoms with E-state index in [4.69, 9.17) is 4.74 Å². The van der Waals surface area contributed by atoms with Crippen LogP contribution in [0, 0.1) is 5.92 Å². The zero-order valence-electron chi connectivity index (χ0n) is 17.7. The molecule has 2 aliphatic rings. The predicted molar refractivity (Wildman–Crippen MR) is 107 cm³/mol. The van der Waals surface area contributed by atoms with Crippen LogP contribution in [0.2, 0.25) is 0 Å². The zero-order chi connectivity index (χ0) is 20.5. The van der Waals surface area contributed by atoms with Gasteiger partial charge in [-0.15, -0.1) is 0 Å². The minimum absolute atomic E-state index is 0.0849. The van der Waals surface area contributed by atoms with Gasteiger partial charge in [0.2, 0.25) is 11.8 Å². The van der Waals surface area contributed by atoms with Crippen LogP contribution >= 0.6 is 0 Å². The maximum atomic E-state index is 12.7. The highest BCUT2D eigenvalue weighted by molar-refractivity contribution is 5.80. The van der Waals surface area contributed by atoms with Crippen LogP contribution in [-0.4, -0.2) is 109 Å². The van der Waals surface area contributed by atoms with Gasteiger partial charge in [-0.05, 0) is 33.6 Å². The van der Waals surface area contributed by atoms with Gasteiger partial charge in [0, 0.05) is 52.4 Å². The number of likely N-dealkylation sites (N-methyl/N-ethyl adjacent to an activating group) is 1. The Morgan fingerprint density at radius 2 is 1.54 bits per heavy atom. The van der Waals surface area contributed by atoms with Crippen LogP contribution in [-0.2, 0) is 19.1 Å². The Hall–Kier alpha value is -1.67. The van der Waals surface area contributed by atoms with E-state index in [9.17, 15) is 14.4 Å². The van der Waals surface area contributed by atoms with E-state index < -0.39 is 0 Å². The van der Waals surface area contributed by atoms with Gasteiger partial charge in [-0.25, -0.2) is 0 Å². The molecule has 0 aromatic heterocycles. The lowest BCUT2D eigenvalue weighted by atomic mass is 9.98. The molecule has 1 atom stereocenters. The Bertz CT molecular complexity index is 530. The third-order valence-electron chi connectivity index (χ3n) is 5.69. The monoisotopic (exact) mass is 396 g/mol. The van der Waals surface area contributed by atoms with Crippen LogP contribution in [0.3, 0.4) is 0 Å². The van der Waals surface area contributed by atoms with Gasteiger partial charge >= 0.3 is 5.97 Å². The normalized spacial score (nSPS) is 21.4. The molecule has 0 aromatic rings. The number of piperazine rings is 1. The molecule has 8 nitrogen and oxygen atoms in total. The average molecular weight is 397 g/mol. The second kappa shape index (κ2) is 11.4. The summed E-state index contributed by atoms with van der Waals surface area (Å²) >= 11 is 0. The molecule has 0 bridgehead atoms. The fraction of sp³-hybridized carbons (Fsp3) is 0.850. The van der Waals surface area contributed by atoms with Gasteiger partial charge in [0.15, 0.2) is 0 Å². The number of amides is 2. The maximum absolute atomic E-state index is 12.7. The summed E-state index contributed by atoms with van der Waals surface area (Å²) in [4.78, 5) is 44.9. The number of hydrogen-bond acceptors (Lipinski definition) is 6. The Balaban J connectivity index is 1.74. The third kappa shape index (κ3) is 6.44. The molecular formula is C20H36N4O4. The van der Waals surface area contributed by atoms with E-state index in [1.807, 2.05) is 18.7 Å². The summed E-state index contributed by atoms with van der Waals surface area (Å²) < 4.78 is 5.11. The van der Waals surface area contributed by atoms with Crippen LogP contribution in [0.4, 0.5) is 0 Å². The number of piperidine rings is 1. The largest absolute Gasteiger partial charge is 0.466 e. The highest BCUT2D eigenvalue weighted by Gasteiger charge is 2.30. The predicted octanol–water partition coefficient (Wildman–Crippen LogP) is 0.274. The molecule has 28 heavy (non-hydrogen) atoms. The summed E-state index contributed by atoms with van der Waals surface area (Å²) in [5.41, 5.74) is 0. The first-order valence-corrected chi connectivity index (χ1v) is 10.6. The fourth-order valence-corrected chi connectivity index (χ4v) is 3.92. The molecule has 2 rings (SSSR count). The number of nitrogens with zero attached hydrogens (tertiary/aromatic N) is 4. The van der Waals surface area contributed by atoms with E-state index in [1.54, 1.807) is 11.8 Å². The standard InChI is InChI=1S/C20H36N4O4/c1-4-23(5-2)18(25)15-21-10-12-22(13-11-21)16-19(26)24-9-7-8-17(14-24)20(27)28-6-3/h17H,4-16H2,1-3H3. The summed E-state index contributed by atoms with van der Waals surface area (Å²) in [6.07, 6.45) is 1.64. The van der Waals surface area contributed by atoms with E-state index in [0.29, 0.717) is 32.8 Å². The zero-order valence-corrected chi connectivity index (χ0v) is 17.7. The van der Waals surface area contributed by atoms with E-state index in [0.717, 1.165) is 52.1 Å². The van der Waals surface area contributed by atoms with E-state index in [-0.39, 0.29) is 23.7 Å². The minimum Gasteiger partial charge on any atom is -0.466 e. The molecule has 2 amide bonds. The van der Waals surface area contributed by atoms with Crippen LogP contribution in [0.15, 0.2) is 0 Å². The molecular weight excluding hydrogens is 360 g/mol. The third-order valence-corrected chi connectivity index (χ3v) is 5.69. The lowest BCUT2D eigenvalue weighted by Gasteiger charge is -2.37. The topological polar surface area (TPSA) is 73.4 Å². The number of ether oxygens (including phenoxy) is 1. The SMILES string of the molecule is CCOC(=O)C1CCCN(C(=O)CN2CCN(CC(=O)N(CC)CC)CC2)C1. The van der Waals surface area contributed by atoms with Crippen molar-refractivity contribution >= 4 is 17.8 Å². The molecule has 1 unspecified atom stereocenters. The van der Waals surface area contributed by atoms with Gasteiger partial charge in [0.25, 0.3) is 0 Å². The van der Waals surface area contributed by atoms with E-state index in [2.05, 4.69) is 9.80 Å². The Morgan fingerprint density at radius 3 is 2.11 bits per heavy atom. The van der Waals surface area contributed by atoms with Crippen molar-refractivity contribution in [3.63, 3.8) is 0 Å². The number of rotatable bonds is 8. The summed E-state index contributed by atoms with van der Waals surface area (Å²) in [6.45, 7) is 12.8. The second-order valence-electron chi connectivity index (χ2n) is 7.55. The second-order valence-corrected chi connectivity index (χ2v) is 7.55. The van der Waals surface area contributed by atoms with Crippen LogP contribution in [0.5, 0.6) is 0 Å². The first-order chi connectivity index (χ1) is 13.5. The first-order valence-electron chi connectivity index (χ1n) is 10.6. The molecule has 160 valence electrons. The maximum Gasteiger partial charge on any atom is 0.310 e. The van der Waals surface area contributed by atoms with Crippen molar-refractivity contribution in [3.8, 4) is 0 Å². The number of esters is 1. The number of carbonyl (C=O) groups excluding carboxylic acids is 3. The fourth-order valence-electron chi connectivity index (χ4n) is 3.92. The molecule has 0 aromatic carbocycles. The van der Waals surface area contributed by atoms with Crippen molar-refractivity contribution in [2.24, 2.45) is 5.92 Å². The highest BCUT2D eigenvalue weighted by Crippen LogP contribution is 2.18. The Labute approximate surface area is 168 Å². The first kappa shape index (κ1) is 22.6. The molecule has 2 saturated heterocycles. The molecule has 0 saturated carbocycles. The van der Waals surface area contributed by atoms with Gasteiger partial charge < -0.3 is 14.5 Å². The molecule has 0 aliphatic carbocycles. The summed E-state index contributed by atoms with van der Waals surface area (Å²) in [5.74, 6) is -0.124. The van der Waals surface area contributed by atoms with Crippen LogP contribution in [0.25, 0.3) is 0 Å². The molecule has 0 N–H and O–H groups in total. The van der Waals surface area contributed by atoms with Crippen LogP contribution < -0.4 is 0 Å². The van der Waals surface area contributed by atoms with Gasteiger partial charge in [0.05, 0.1) is 25.6 Å². The molecule has 0 radical (unpaired) electrons. The van der Waals surface area contributed by atoms with Crippen molar-refractivity contribution in [2.75, 3.05) is 72.1 Å². The number of carbonyl (C=O) groups is 3. The lowest BCUT2D eigenvalue weighted by molar-refractivity contribution is -0.151. The molecule has 2 fully saturated rings. The van der Waals surface area contributed by atoms with E-state index >= 15 is 0 Å². The van der Waals surface area contributed by atoms with Gasteiger partial charge in [-0.2, -0.15) is 0 Å². The molecule has 0 spiro atoms. The average Bonchev–Trinajstić information content (AvgIpc) is 2.70. The summed E-state index contributed by atoms with van der Waals surface area (Å²) in [7, 11) is 0. The van der Waals surface area contributed by atoms with Crippen molar-refractivity contribution in [3.05, 3.63) is 0 Å². The Kier molecular flexibility index (Phi) is 9.18. The molecule has 2 heterocycles. The number of hydrogen-bond donors (Lipinski definition) is 0. The van der Waals surface area contributed by atoms with Crippen LogP contribution in [0.1, 0.15) is 33.6 Å². The molecule has 2 aliphatic heterocycles. The van der Waals surface area contributed by atoms with Crippen molar-refractivity contribution in [2.45, 2.75) is 33.6 Å². The van der Waals surface area contributed by atoms with Gasteiger partial charge in [0.1, 0.15) is 0 Å². The van der Waals surface area contributed by atoms with Crippen molar-refractivity contribution < 1.29 is 19.1 Å². The number of likely N-dealkylation sites (tertiary alicyclic amines) is 1. The van der Waals surface area contributed by atoms with Gasteiger partial charge in [-0.1, -0.05) is 0 Å². The Morgan fingerprint density at radius 1 is 0.929 bits per heavy atom. The van der Waals surface area contributed by atoms with Crippen molar-refractivity contribution in [1.82, 2.24) is 19.6 Å². The highest BCUT2D eigenvalue weighted by atomic mass is 16.5. The minimum atomic E-state index is -0.194. The van der Waals surface area contributed by atoms with E-state index in [1.165, 1.54) is 0 Å². The summed E-state index contributed by atoms with van der Waals surface area (Å²) in [5, 5.41) is 0. The smallest absolute Gasteiger partial charge is 0.310 e. The summed E-state index contributed by atoms with van der Waals surface area (Å²) in [6, 6.07) is 0. The van der Waals surface area contributed by atoms with Gasteiger partial charge in [-0.3, -0.25) is 24.2 Å². The molecule has 8 heteroatoms. The van der Waals surface area contributed by atoms with Crippen molar-refractivity contribution in [1.29, 1.82) is 0 Å². The lowest BCUT2D eigenvalue weighted by Crippen LogP contribution is -2.53. The quantitative estimate of drug-likeness (QED) is 0.549.